The van der Waals surface area contributed by atoms with Gasteiger partial charge in [0.2, 0.25) is 5.91 Å². The zero-order valence-corrected chi connectivity index (χ0v) is 14.0. The molecule has 2 N–H and O–H groups in total. The molecular formula is C20H21N3O2. The van der Waals surface area contributed by atoms with Crippen LogP contribution in [-0.2, 0) is 23.5 Å². The monoisotopic (exact) mass is 335 g/mol. The summed E-state index contributed by atoms with van der Waals surface area (Å²) < 4.78 is 1.79. The van der Waals surface area contributed by atoms with Crippen LogP contribution < -0.4 is 5.32 Å². The Hall–Kier alpha value is -2.66. The van der Waals surface area contributed by atoms with Crippen LogP contribution in [0.3, 0.4) is 0 Å². The van der Waals surface area contributed by atoms with Crippen molar-refractivity contribution in [2.24, 2.45) is 0 Å². The van der Waals surface area contributed by atoms with E-state index in [2.05, 4.69) is 22.4 Å². The van der Waals surface area contributed by atoms with Crippen molar-refractivity contribution >= 4 is 16.9 Å². The molecule has 1 aliphatic rings. The quantitative estimate of drug-likeness (QED) is 0.753. The van der Waals surface area contributed by atoms with Crippen molar-refractivity contribution in [3.05, 3.63) is 66.0 Å². The van der Waals surface area contributed by atoms with Crippen LogP contribution in [0.4, 0.5) is 0 Å². The van der Waals surface area contributed by atoms with Gasteiger partial charge >= 0.3 is 0 Å². The predicted octanol–water partition coefficient (Wildman–Crippen LogP) is 2.72. The molecule has 25 heavy (non-hydrogen) atoms. The first-order chi connectivity index (χ1) is 12.2. The number of carbonyl (C=O) groups is 1. The highest BCUT2D eigenvalue weighted by atomic mass is 16.3. The molecule has 4 rings (SSSR count). The number of imidazole rings is 1. The standard InChI is InChI=1S/C20H21N3O2/c24-14-18-21-16-9-4-5-10-17(16)23(18)13-19(25)22-20(11-6-12-20)15-7-2-1-3-8-15/h1-5,7-10,24H,6,11-14H2,(H,22,25). The topological polar surface area (TPSA) is 67.2 Å². The number of aliphatic hydroxyl groups excluding tert-OH is 1. The van der Waals surface area contributed by atoms with Crippen molar-refractivity contribution < 1.29 is 9.90 Å². The average molecular weight is 335 g/mol. The second-order valence-electron chi connectivity index (χ2n) is 6.61. The third kappa shape index (κ3) is 2.81. The summed E-state index contributed by atoms with van der Waals surface area (Å²) in [6.45, 7) is -0.0310. The predicted molar refractivity (Wildman–Crippen MR) is 95.8 cm³/mol. The minimum absolute atomic E-state index is 0.0543. The average Bonchev–Trinajstić information content (AvgIpc) is 2.97. The SMILES string of the molecule is O=C(Cn1c(CO)nc2ccccc21)NC1(c2ccccc2)CCC1. The van der Waals surface area contributed by atoms with Crippen LogP contribution in [-0.4, -0.2) is 20.6 Å². The van der Waals surface area contributed by atoms with Gasteiger partial charge in [-0.2, -0.15) is 0 Å². The van der Waals surface area contributed by atoms with Gasteiger partial charge in [-0.15, -0.1) is 0 Å². The zero-order valence-electron chi connectivity index (χ0n) is 14.0. The van der Waals surface area contributed by atoms with Crippen LogP contribution in [0.25, 0.3) is 11.0 Å². The molecule has 1 heterocycles. The number of para-hydroxylation sites is 2. The van der Waals surface area contributed by atoms with Crippen LogP contribution in [0, 0.1) is 0 Å². The van der Waals surface area contributed by atoms with E-state index in [1.54, 1.807) is 4.57 Å². The van der Waals surface area contributed by atoms with E-state index in [0.717, 1.165) is 35.9 Å². The number of hydrogen-bond acceptors (Lipinski definition) is 3. The fourth-order valence-corrected chi connectivity index (χ4v) is 3.65. The van der Waals surface area contributed by atoms with Gasteiger partial charge in [0.1, 0.15) is 19.0 Å². The van der Waals surface area contributed by atoms with Gasteiger partial charge < -0.3 is 15.0 Å². The molecule has 1 fully saturated rings. The van der Waals surface area contributed by atoms with Crippen molar-refractivity contribution in [1.82, 2.24) is 14.9 Å². The smallest absolute Gasteiger partial charge is 0.240 e. The van der Waals surface area contributed by atoms with Crippen LogP contribution in [0.1, 0.15) is 30.7 Å². The molecule has 1 saturated carbocycles. The number of nitrogens with zero attached hydrogens (tertiary/aromatic N) is 2. The molecule has 5 heteroatoms. The van der Waals surface area contributed by atoms with Crippen molar-refractivity contribution in [2.45, 2.75) is 38.0 Å². The Labute approximate surface area is 146 Å². The maximum absolute atomic E-state index is 12.8. The second kappa shape index (κ2) is 6.33. The van der Waals surface area contributed by atoms with Gasteiger partial charge in [0.15, 0.2) is 0 Å². The fourth-order valence-electron chi connectivity index (χ4n) is 3.65. The largest absolute Gasteiger partial charge is 0.388 e. The molecule has 0 unspecified atom stereocenters. The molecule has 0 spiro atoms. The summed E-state index contributed by atoms with van der Waals surface area (Å²) in [7, 11) is 0. The highest BCUT2D eigenvalue weighted by Crippen LogP contribution is 2.41. The van der Waals surface area contributed by atoms with Crippen molar-refractivity contribution in [2.75, 3.05) is 0 Å². The van der Waals surface area contributed by atoms with E-state index in [9.17, 15) is 9.90 Å². The maximum atomic E-state index is 12.8. The lowest BCUT2D eigenvalue weighted by Crippen LogP contribution is -2.51. The van der Waals surface area contributed by atoms with Gasteiger partial charge in [-0.3, -0.25) is 4.79 Å². The van der Waals surface area contributed by atoms with Gasteiger partial charge in [0.25, 0.3) is 0 Å². The number of carbonyl (C=O) groups excluding carboxylic acids is 1. The normalized spacial score (nSPS) is 15.7. The molecule has 2 aromatic carbocycles. The molecule has 1 amide bonds. The molecule has 5 nitrogen and oxygen atoms in total. The van der Waals surface area contributed by atoms with Crippen LogP contribution >= 0.6 is 0 Å². The highest BCUT2D eigenvalue weighted by Gasteiger charge is 2.39. The first-order valence-electron chi connectivity index (χ1n) is 8.63. The Kier molecular flexibility index (Phi) is 4.01. The van der Waals surface area contributed by atoms with Crippen LogP contribution in [0.5, 0.6) is 0 Å². The third-order valence-electron chi connectivity index (χ3n) is 5.09. The first-order valence-corrected chi connectivity index (χ1v) is 8.63. The summed E-state index contributed by atoms with van der Waals surface area (Å²) in [6.07, 6.45) is 3.03. The molecule has 0 saturated heterocycles. The number of aliphatic hydroxyl groups is 1. The molecule has 1 aliphatic carbocycles. The van der Waals surface area contributed by atoms with Crippen molar-refractivity contribution in [1.29, 1.82) is 0 Å². The van der Waals surface area contributed by atoms with Gasteiger partial charge in [0, 0.05) is 0 Å². The number of amides is 1. The Morgan fingerprint density at radius 1 is 1.12 bits per heavy atom. The summed E-state index contributed by atoms with van der Waals surface area (Å²) in [5, 5.41) is 12.8. The summed E-state index contributed by atoms with van der Waals surface area (Å²) >= 11 is 0. The first kappa shape index (κ1) is 15.8. The number of fused-ring (bicyclic) bond motifs is 1. The van der Waals surface area contributed by atoms with Gasteiger partial charge in [-0.05, 0) is 37.0 Å². The summed E-state index contributed by atoms with van der Waals surface area (Å²) in [6, 6.07) is 17.8. The fraction of sp³-hybridized carbons (Fsp3) is 0.300. The molecule has 0 radical (unpaired) electrons. The minimum Gasteiger partial charge on any atom is -0.388 e. The Balaban J connectivity index is 1.59. The minimum atomic E-state index is -0.256. The van der Waals surface area contributed by atoms with Gasteiger partial charge in [0.05, 0.1) is 16.6 Å². The van der Waals surface area contributed by atoms with Crippen LogP contribution in [0.2, 0.25) is 0 Å². The lowest BCUT2D eigenvalue weighted by atomic mass is 9.72. The van der Waals surface area contributed by atoms with E-state index in [1.807, 2.05) is 42.5 Å². The summed E-state index contributed by atoms with van der Waals surface area (Å²) in [5.41, 5.74) is 2.56. The molecule has 0 atom stereocenters. The molecule has 1 aromatic heterocycles. The summed E-state index contributed by atoms with van der Waals surface area (Å²) in [4.78, 5) is 17.2. The number of benzene rings is 2. The van der Waals surface area contributed by atoms with E-state index in [1.165, 1.54) is 0 Å². The van der Waals surface area contributed by atoms with Gasteiger partial charge in [-0.1, -0.05) is 42.5 Å². The van der Waals surface area contributed by atoms with Crippen molar-refractivity contribution in [3.63, 3.8) is 0 Å². The molecule has 0 bridgehead atoms. The molecule has 3 aromatic rings. The van der Waals surface area contributed by atoms with E-state index < -0.39 is 0 Å². The molecule has 0 aliphatic heterocycles. The Bertz CT molecular complexity index is 898. The van der Waals surface area contributed by atoms with Crippen molar-refractivity contribution in [3.8, 4) is 0 Å². The number of aromatic nitrogens is 2. The number of nitrogens with one attached hydrogen (secondary N) is 1. The lowest BCUT2D eigenvalue weighted by molar-refractivity contribution is -0.125. The Morgan fingerprint density at radius 3 is 2.52 bits per heavy atom. The van der Waals surface area contributed by atoms with Crippen LogP contribution in [0.15, 0.2) is 54.6 Å². The van der Waals surface area contributed by atoms with E-state index >= 15 is 0 Å². The Morgan fingerprint density at radius 2 is 1.84 bits per heavy atom. The highest BCUT2D eigenvalue weighted by molar-refractivity contribution is 5.81. The molecular weight excluding hydrogens is 314 g/mol. The zero-order chi connectivity index (χ0) is 17.3. The number of rotatable bonds is 5. The second-order valence-corrected chi connectivity index (χ2v) is 6.61. The van der Waals surface area contributed by atoms with Gasteiger partial charge in [-0.25, -0.2) is 4.98 Å². The summed E-state index contributed by atoms with van der Waals surface area (Å²) in [5.74, 6) is 0.458. The third-order valence-corrected chi connectivity index (χ3v) is 5.09. The van der Waals surface area contributed by atoms with E-state index in [-0.39, 0.29) is 24.6 Å². The molecule has 128 valence electrons. The lowest BCUT2D eigenvalue weighted by Gasteiger charge is -2.43. The van der Waals surface area contributed by atoms with E-state index in [4.69, 9.17) is 0 Å². The van der Waals surface area contributed by atoms with E-state index in [0.29, 0.717) is 5.82 Å². The maximum Gasteiger partial charge on any atom is 0.240 e. The number of hydrogen-bond donors (Lipinski definition) is 2.